The van der Waals surface area contributed by atoms with Gasteiger partial charge in [0.2, 0.25) is 0 Å². The molecule has 0 aromatic heterocycles. The second kappa shape index (κ2) is 5.27. The highest BCUT2D eigenvalue weighted by Gasteiger charge is 2.35. The molecule has 21 heavy (non-hydrogen) atoms. The van der Waals surface area contributed by atoms with Crippen LogP contribution in [-0.4, -0.2) is 5.78 Å². The van der Waals surface area contributed by atoms with Gasteiger partial charge in [-0.25, -0.2) is 8.78 Å². The quantitative estimate of drug-likeness (QED) is 0.572. The number of hydrogen-bond donors (Lipinski definition) is 0. The van der Waals surface area contributed by atoms with E-state index in [1.165, 1.54) is 12.1 Å². The maximum atomic E-state index is 13.7. The first kappa shape index (κ1) is 15.2. The first-order valence-electron chi connectivity index (χ1n) is 5.88. The largest absolute Gasteiger partial charge is 0.417 e. The van der Waals surface area contributed by atoms with E-state index in [4.69, 9.17) is 0 Å². The van der Waals surface area contributed by atoms with E-state index in [2.05, 4.69) is 0 Å². The zero-order chi connectivity index (χ0) is 15.8. The van der Waals surface area contributed by atoms with E-state index in [0.29, 0.717) is 6.07 Å². The Balaban J connectivity index is 2.68. The predicted molar refractivity (Wildman–Crippen MR) is 66.8 cm³/mol. The van der Waals surface area contributed by atoms with Gasteiger partial charge < -0.3 is 0 Å². The van der Waals surface area contributed by atoms with Crippen molar-refractivity contribution >= 4 is 5.78 Å². The molecule has 0 aliphatic carbocycles. The van der Waals surface area contributed by atoms with Crippen molar-refractivity contribution in [2.45, 2.75) is 13.1 Å². The molecule has 0 heterocycles. The second-order valence-corrected chi connectivity index (χ2v) is 4.42. The van der Waals surface area contributed by atoms with Gasteiger partial charge >= 0.3 is 6.18 Å². The van der Waals surface area contributed by atoms with Crippen LogP contribution in [0.5, 0.6) is 0 Å². The zero-order valence-electron chi connectivity index (χ0n) is 10.8. The van der Waals surface area contributed by atoms with Crippen LogP contribution in [0.2, 0.25) is 0 Å². The van der Waals surface area contributed by atoms with Crippen LogP contribution in [0.25, 0.3) is 11.1 Å². The Morgan fingerprint density at radius 1 is 1.05 bits per heavy atom. The average molecular weight is 300 g/mol. The van der Waals surface area contributed by atoms with Gasteiger partial charge in [0.15, 0.2) is 17.4 Å². The normalized spacial score (nSPS) is 11.5. The lowest BCUT2D eigenvalue weighted by atomic mass is 9.96. The van der Waals surface area contributed by atoms with Crippen LogP contribution in [-0.2, 0) is 6.18 Å². The number of Topliss-reactive ketones (excluding diaryl/α,β-unsaturated/α-hetero) is 1. The highest BCUT2D eigenvalue weighted by Crippen LogP contribution is 2.36. The zero-order valence-corrected chi connectivity index (χ0v) is 10.8. The molecular weight excluding hydrogens is 291 g/mol. The molecule has 0 N–H and O–H groups in total. The molecule has 0 amide bonds. The first-order chi connectivity index (χ1) is 9.71. The molecule has 2 rings (SSSR count). The molecule has 0 bridgehead atoms. The molecule has 6 heteroatoms. The lowest BCUT2D eigenvalue weighted by molar-refractivity contribution is -0.137. The van der Waals surface area contributed by atoms with E-state index in [1.807, 2.05) is 0 Å². The SMILES string of the molecule is CC(=O)c1ccc(-c2cccc(F)c2F)cc1C(F)(F)F. The number of halogens is 5. The molecule has 2 aromatic carbocycles. The fourth-order valence-corrected chi connectivity index (χ4v) is 1.98. The number of benzene rings is 2. The van der Waals surface area contributed by atoms with Crippen molar-refractivity contribution in [1.82, 2.24) is 0 Å². The van der Waals surface area contributed by atoms with Crippen molar-refractivity contribution in [2.75, 3.05) is 0 Å². The summed E-state index contributed by atoms with van der Waals surface area (Å²) in [6.07, 6.45) is -4.76. The van der Waals surface area contributed by atoms with Crippen molar-refractivity contribution in [3.8, 4) is 11.1 Å². The third-order valence-electron chi connectivity index (χ3n) is 2.97. The van der Waals surface area contributed by atoms with Gasteiger partial charge in [-0.2, -0.15) is 13.2 Å². The highest BCUT2D eigenvalue weighted by atomic mass is 19.4. The van der Waals surface area contributed by atoms with Gasteiger partial charge in [-0.05, 0) is 24.6 Å². The van der Waals surface area contributed by atoms with E-state index in [-0.39, 0.29) is 11.1 Å². The summed E-state index contributed by atoms with van der Waals surface area (Å²) in [4.78, 5) is 11.2. The van der Waals surface area contributed by atoms with Crippen LogP contribution in [0, 0.1) is 11.6 Å². The highest BCUT2D eigenvalue weighted by molar-refractivity contribution is 5.96. The van der Waals surface area contributed by atoms with Gasteiger partial charge in [0, 0.05) is 11.1 Å². The van der Waals surface area contributed by atoms with Gasteiger partial charge in [0.05, 0.1) is 5.56 Å². The van der Waals surface area contributed by atoms with Gasteiger partial charge in [-0.1, -0.05) is 24.3 Å². The Labute approximate surface area is 117 Å². The van der Waals surface area contributed by atoms with Crippen LogP contribution < -0.4 is 0 Å². The molecule has 0 aliphatic rings. The monoisotopic (exact) mass is 300 g/mol. The summed E-state index contributed by atoms with van der Waals surface area (Å²) in [5.41, 5.74) is -2.13. The molecule has 0 radical (unpaired) electrons. The number of hydrogen-bond acceptors (Lipinski definition) is 1. The van der Waals surface area contributed by atoms with E-state index in [0.717, 1.165) is 25.1 Å². The minimum Gasteiger partial charge on any atom is -0.294 e. The van der Waals surface area contributed by atoms with E-state index >= 15 is 0 Å². The minimum atomic E-state index is -4.76. The summed E-state index contributed by atoms with van der Waals surface area (Å²) in [5, 5.41) is 0. The van der Waals surface area contributed by atoms with Gasteiger partial charge in [0.1, 0.15) is 0 Å². The number of ketones is 1. The molecule has 0 spiro atoms. The standard InChI is InChI=1S/C15H9F5O/c1-8(21)10-6-5-9(7-12(10)15(18,19)20)11-3-2-4-13(16)14(11)17/h2-7H,1H3. The van der Waals surface area contributed by atoms with Gasteiger partial charge in [-0.3, -0.25) is 4.79 Å². The summed E-state index contributed by atoms with van der Waals surface area (Å²) in [7, 11) is 0. The molecule has 0 unspecified atom stereocenters. The summed E-state index contributed by atoms with van der Waals surface area (Å²) in [6.45, 7) is 1.01. The molecule has 0 aliphatic heterocycles. The third kappa shape index (κ3) is 2.94. The van der Waals surface area contributed by atoms with Crippen molar-refractivity contribution < 1.29 is 26.7 Å². The molecule has 0 saturated carbocycles. The Morgan fingerprint density at radius 2 is 1.71 bits per heavy atom. The summed E-state index contributed by atoms with van der Waals surface area (Å²) < 4.78 is 65.7. The lowest BCUT2D eigenvalue weighted by Gasteiger charge is -2.13. The van der Waals surface area contributed by atoms with Crippen LogP contribution in [0.3, 0.4) is 0 Å². The molecule has 0 saturated heterocycles. The molecule has 0 fully saturated rings. The Hall–Kier alpha value is -2.24. The molecule has 110 valence electrons. The van der Waals surface area contributed by atoms with Crippen molar-refractivity contribution in [1.29, 1.82) is 0 Å². The maximum absolute atomic E-state index is 13.7. The van der Waals surface area contributed by atoms with Crippen molar-refractivity contribution in [3.05, 3.63) is 59.2 Å². The maximum Gasteiger partial charge on any atom is 0.417 e. The summed E-state index contributed by atoms with van der Waals surface area (Å²) in [6, 6.07) is 6.00. The smallest absolute Gasteiger partial charge is 0.294 e. The van der Waals surface area contributed by atoms with E-state index in [9.17, 15) is 26.7 Å². The van der Waals surface area contributed by atoms with Gasteiger partial charge in [-0.15, -0.1) is 0 Å². The number of carbonyl (C=O) groups is 1. The Kier molecular flexibility index (Phi) is 3.80. The van der Waals surface area contributed by atoms with Crippen molar-refractivity contribution in [3.63, 3.8) is 0 Å². The van der Waals surface area contributed by atoms with E-state index < -0.39 is 34.7 Å². The molecule has 2 aromatic rings. The van der Waals surface area contributed by atoms with Crippen LogP contribution in [0.4, 0.5) is 22.0 Å². The fourth-order valence-electron chi connectivity index (χ4n) is 1.98. The first-order valence-corrected chi connectivity index (χ1v) is 5.88. The Morgan fingerprint density at radius 3 is 2.29 bits per heavy atom. The molecular formula is C15H9F5O. The molecule has 0 atom stereocenters. The third-order valence-corrected chi connectivity index (χ3v) is 2.97. The molecule has 1 nitrogen and oxygen atoms in total. The topological polar surface area (TPSA) is 17.1 Å². The van der Waals surface area contributed by atoms with Crippen LogP contribution in [0.1, 0.15) is 22.8 Å². The predicted octanol–water partition coefficient (Wildman–Crippen LogP) is 4.85. The van der Waals surface area contributed by atoms with Crippen LogP contribution >= 0.6 is 0 Å². The number of rotatable bonds is 2. The van der Waals surface area contributed by atoms with Gasteiger partial charge in [0.25, 0.3) is 0 Å². The Bertz CT molecular complexity index is 704. The van der Waals surface area contributed by atoms with E-state index in [1.54, 1.807) is 0 Å². The minimum absolute atomic E-state index is 0.149. The lowest BCUT2D eigenvalue weighted by Crippen LogP contribution is -2.12. The van der Waals surface area contributed by atoms with Crippen LogP contribution in [0.15, 0.2) is 36.4 Å². The second-order valence-electron chi connectivity index (χ2n) is 4.42. The number of alkyl halides is 3. The average Bonchev–Trinajstić information content (AvgIpc) is 2.40. The summed E-state index contributed by atoms with van der Waals surface area (Å²) in [5.74, 6) is -3.15. The summed E-state index contributed by atoms with van der Waals surface area (Å²) >= 11 is 0. The van der Waals surface area contributed by atoms with Crippen molar-refractivity contribution in [2.24, 2.45) is 0 Å². The number of carbonyl (C=O) groups excluding carboxylic acids is 1. The fraction of sp³-hybridized carbons (Fsp3) is 0.133.